The van der Waals surface area contributed by atoms with Gasteiger partial charge in [-0.1, -0.05) is 60.7 Å². The number of carbonyl (C=O) groups is 1. The second-order valence-electron chi connectivity index (χ2n) is 9.10. The Morgan fingerprint density at radius 1 is 0.921 bits per heavy atom. The van der Waals surface area contributed by atoms with Crippen molar-refractivity contribution in [3.8, 4) is 11.1 Å². The fraction of sp³-hybridized carbons (Fsp3) is 0.100. The van der Waals surface area contributed by atoms with Crippen LogP contribution < -0.4 is 11.5 Å². The van der Waals surface area contributed by atoms with Crippen molar-refractivity contribution >= 4 is 44.5 Å². The van der Waals surface area contributed by atoms with Crippen LogP contribution in [0.5, 0.6) is 0 Å². The first-order chi connectivity index (χ1) is 18.3. The first-order valence-corrected chi connectivity index (χ1v) is 12.9. The maximum atomic E-state index is 12.1. The number of aromatic carboxylic acids is 1. The molecule has 0 saturated carbocycles. The summed E-state index contributed by atoms with van der Waals surface area (Å²) in [4.78, 5) is 16.9. The summed E-state index contributed by atoms with van der Waals surface area (Å²) in [6.45, 7) is 0.466. The maximum absolute atomic E-state index is 12.1. The maximum Gasteiger partial charge on any atom is 0.337 e. The molecular formula is C30H26BrN5O2. The lowest BCUT2D eigenvalue weighted by atomic mass is 9.98. The summed E-state index contributed by atoms with van der Waals surface area (Å²) in [6, 6.07) is 26.7. The predicted octanol–water partition coefficient (Wildman–Crippen LogP) is 5.86. The number of anilines is 1. The molecule has 0 amide bonds. The molecule has 1 aromatic heterocycles. The zero-order valence-corrected chi connectivity index (χ0v) is 22.1. The van der Waals surface area contributed by atoms with E-state index in [-0.39, 0.29) is 11.4 Å². The highest BCUT2D eigenvalue weighted by atomic mass is 79.9. The monoisotopic (exact) mass is 567 g/mol. The molecule has 0 spiro atoms. The fourth-order valence-corrected chi connectivity index (χ4v) is 4.96. The number of imidazole rings is 1. The number of nitrogens with zero attached hydrogens (tertiary/aromatic N) is 2. The molecule has 0 saturated heterocycles. The Balaban J connectivity index is 1.51. The fourth-order valence-electron chi connectivity index (χ4n) is 4.71. The average Bonchev–Trinajstić information content (AvgIpc) is 3.27. The molecule has 8 heteroatoms. The number of aryl methyl sites for hydroxylation is 2. The van der Waals surface area contributed by atoms with Gasteiger partial charge in [0.15, 0.2) is 0 Å². The van der Waals surface area contributed by atoms with E-state index in [9.17, 15) is 9.90 Å². The molecule has 0 fully saturated rings. The van der Waals surface area contributed by atoms with Gasteiger partial charge in [-0.2, -0.15) is 0 Å². The molecule has 0 aliphatic heterocycles. The van der Waals surface area contributed by atoms with Crippen molar-refractivity contribution in [2.24, 2.45) is 5.73 Å². The van der Waals surface area contributed by atoms with E-state index >= 15 is 0 Å². The number of hydrogen-bond acceptors (Lipinski definition) is 4. The van der Waals surface area contributed by atoms with Crippen molar-refractivity contribution in [1.29, 1.82) is 5.41 Å². The quantitative estimate of drug-likeness (QED) is 0.106. The van der Waals surface area contributed by atoms with Crippen LogP contribution >= 0.6 is 15.9 Å². The molecule has 5 aromatic rings. The second-order valence-corrected chi connectivity index (χ2v) is 9.96. The summed E-state index contributed by atoms with van der Waals surface area (Å²) in [5, 5.41) is 17.8. The molecule has 38 heavy (non-hydrogen) atoms. The minimum Gasteiger partial charge on any atom is -0.478 e. The Bertz CT molecular complexity index is 1670. The first kappa shape index (κ1) is 25.2. The molecule has 0 atom stereocenters. The van der Waals surface area contributed by atoms with Crippen LogP contribution in [0, 0.1) is 5.41 Å². The van der Waals surface area contributed by atoms with Gasteiger partial charge >= 0.3 is 5.97 Å². The van der Waals surface area contributed by atoms with E-state index in [1.165, 1.54) is 0 Å². The molecule has 190 valence electrons. The minimum absolute atomic E-state index is 0.0212. The minimum atomic E-state index is -0.986. The van der Waals surface area contributed by atoms with Crippen molar-refractivity contribution in [2.75, 3.05) is 5.73 Å². The lowest BCUT2D eigenvalue weighted by Crippen LogP contribution is -2.12. The number of halogens is 1. The lowest BCUT2D eigenvalue weighted by molar-refractivity contribution is 0.0698. The Labute approximate surface area is 228 Å². The van der Waals surface area contributed by atoms with Gasteiger partial charge in [0.25, 0.3) is 0 Å². The highest BCUT2D eigenvalue weighted by molar-refractivity contribution is 9.10. The Hall–Kier alpha value is -4.43. The van der Waals surface area contributed by atoms with Gasteiger partial charge in [0.1, 0.15) is 11.7 Å². The first-order valence-electron chi connectivity index (χ1n) is 12.1. The number of benzene rings is 4. The number of carboxylic acids is 1. The van der Waals surface area contributed by atoms with E-state index in [1.807, 2.05) is 77.4 Å². The number of para-hydroxylation sites is 1. The zero-order chi connectivity index (χ0) is 26.8. The van der Waals surface area contributed by atoms with E-state index in [2.05, 4.69) is 15.9 Å². The highest BCUT2D eigenvalue weighted by Crippen LogP contribution is 2.27. The van der Waals surface area contributed by atoms with Gasteiger partial charge in [-0.3, -0.25) is 5.41 Å². The van der Waals surface area contributed by atoms with E-state index in [1.54, 1.807) is 12.1 Å². The van der Waals surface area contributed by atoms with Crippen molar-refractivity contribution < 1.29 is 9.90 Å². The third-order valence-corrected chi connectivity index (χ3v) is 7.32. The van der Waals surface area contributed by atoms with Crippen molar-refractivity contribution in [2.45, 2.75) is 19.4 Å². The van der Waals surface area contributed by atoms with Gasteiger partial charge in [0, 0.05) is 28.7 Å². The predicted molar refractivity (Wildman–Crippen MR) is 155 cm³/mol. The van der Waals surface area contributed by atoms with Gasteiger partial charge in [-0.15, -0.1) is 0 Å². The summed E-state index contributed by atoms with van der Waals surface area (Å²) in [7, 11) is 0. The number of fused-ring (bicyclic) bond motifs is 1. The normalized spacial score (nSPS) is 11.1. The number of rotatable bonds is 8. The van der Waals surface area contributed by atoms with Gasteiger partial charge in [-0.25, -0.2) is 9.78 Å². The molecule has 6 N–H and O–H groups in total. The number of amidine groups is 1. The van der Waals surface area contributed by atoms with E-state index in [0.717, 1.165) is 32.6 Å². The van der Waals surface area contributed by atoms with Gasteiger partial charge < -0.3 is 21.1 Å². The van der Waals surface area contributed by atoms with Crippen LogP contribution in [0.2, 0.25) is 0 Å². The number of carboxylic acid groups (broad SMARTS) is 1. The van der Waals surface area contributed by atoms with Gasteiger partial charge in [-0.05, 0) is 68.9 Å². The van der Waals surface area contributed by atoms with E-state index < -0.39 is 5.97 Å². The molecule has 5 rings (SSSR count). The molecule has 0 aliphatic carbocycles. The van der Waals surface area contributed by atoms with Crippen LogP contribution in [-0.2, 0) is 19.4 Å². The zero-order valence-electron chi connectivity index (χ0n) is 20.5. The third-order valence-electron chi connectivity index (χ3n) is 6.60. The molecule has 0 aliphatic rings. The molecule has 0 radical (unpaired) electrons. The van der Waals surface area contributed by atoms with Crippen LogP contribution in [0.1, 0.15) is 32.9 Å². The molecular weight excluding hydrogens is 542 g/mol. The molecule has 4 aromatic carbocycles. The van der Waals surface area contributed by atoms with Crippen LogP contribution in [0.3, 0.4) is 0 Å². The lowest BCUT2D eigenvalue weighted by Gasteiger charge is -2.13. The van der Waals surface area contributed by atoms with Crippen LogP contribution in [0.4, 0.5) is 5.69 Å². The van der Waals surface area contributed by atoms with Crippen LogP contribution in [-0.4, -0.2) is 26.5 Å². The summed E-state index contributed by atoms with van der Waals surface area (Å²) in [5.41, 5.74) is 18.6. The topological polar surface area (TPSA) is 131 Å². The molecule has 1 heterocycles. The molecule has 7 nitrogen and oxygen atoms in total. The van der Waals surface area contributed by atoms with Gasteiger partial charge in [0.2, 0.25) is 0 Å². The van der Waals surface area contributed by atoms with Gasteiger partial charge in [0.05, 0.1) is 16.6 Å². The highest BCUT2D eigenvalue weighted by Gasteiger charge is 2.18. The average molecular weight is 568 g/mol. The summed E-state index contributed by atoms with van der Waals surface area (Å²) >= 11 is 3.44. The standard InChI is InChI=1S/C30H26BrN5O2/c31-24-14-10-18(16-25(24)32)11-15-27-35-26-7-3-6-23(30(37)38)28(26)36(27)17-19-8-12-20(13-9-19)21-4-1-2-5-22(21)29(33)34/h1-10,12-14,16H,11,15,17,32H2,(H3,33,34)(H,37,38). The summed E-state index contributed by atoms with van der Waals surface area (Å²) in [5.74, 6) is -0.158. The Morgan fingerprint density at radius 2 is 1.63 bits per heavy atom. The number of nitrogens with two attached hydrogens (primary N) is 2. The van der Waals surface area contributed by atoms with Crippen molar-refractivity contribution in [1.82, 2.24) is 9.55 Å². The summed E-state index contributed by atoms with van der Waals surface area (Å²) < 4.78 is 2.86. The smallest absolute Gasteiger partial charge is 0.337 e. The van der Waals surface area contributed by atoms with E-state index in [4.69, 9.17) is 21.9 Å². The number of nitrogen functional groups attached to an aromatic ring is 2. The third kappa shape index (κ3) is 5.03. The molecule has 0 unspecified atom stereocenters. The Morgan fingerprint density at radius 3 is 2.34 bits per heavy atom. The van der Waals surface area contributed by atoms with Crippen LogP contribution in [0.15, 0.2) is 89.4 Å². The number of nitrogens with one attached hydrogen (secondary N) is 1. The summed E-state index contributed by atoms with van der Waals surface area (Å²) in [6.07, 6.45) is 1.34. The number of hydrogen-bond donors (Lipinski definition) is 4. The van der Waals surface area contributed by atoms with Crippen LogP contribution in [0.25, 0.3) is 22.2 Å². The molecule has 0 bridgehead atoms. The van der Waals surface area contributed by atoms with Crippen molar-refractivity contribution in [3.63, 3.8) is 0 Å². The Kier molecular flexibility index (Phi) is 6.98. The second kappa shape index (κ2) is 10.5. The SMILES string of the molecule is N=C(N)c1ccccc1-c1ccc(Cn2c(CCc3ccc(Br)c(N)c3)nc3cccc(C(=O)O)c32)cc1. The number of aromatic nitrogens is 2. The van der Waals surface area contributed by atoms with Crippen molar-refractivity contribution in [3.05, 3.63) is 117 Å². The largest absolute Gasteiger partial charge is 0.478 e. The van der Waals surface area contributed by atoms with E-state index in [0.29, 0.717) is 41.7 Å².